The lowest BCUT2D eigenvalue weighted by Gasteiger charge is -2.27. The fourth-order valence-corrected chi connectivity index (χ4v) is 4.59. The predicted octanol–water partition coefficient (Wildman–Crippen LogP) is 4.85. The Morgan fingerprint density at radius 1 is 0.867 bits per heavy atom. The Balaban J connectivity index is 1.92. The second-order valence-corrected chi connectivity index (χ2v) is 9.42. The van der Waals surface area contributed by atoms with Crippen LogP contribution in [-0.2, 0) is 21.4 Å². The normalized spacial score (nSPS) is 11.2. The highest BCUT2D eigenvalue weighted by atomic mass is 35.5. The number of halogens is 2. The van der Waals surface area contributed by atoms with Crippen molar-refractivity contribution in [2.45, 2.75) is 11.4 Å². The minimum atomic E-state index is -4.02. The number of hydrogen-bond acceptors (Lipinski definition) is 3. The Morgan fingerprint density at radius 3 is 2.17 bits per heavy atom. The average molecular weight is 463 g/mol. The first-order valence-corrected chi connectivity index (χ1v) is 11.3. The Morgan fingerprint density at radius 2 is 1.53 bits per heavy atom. The molecule has 0 aliphatic rings. The van der Waals surface area contributed by atoms with Gasteiger partial charge in [0.25, 0.3) is 10.0 Å². The molecule has 3 aromatic carbocycles. The molecule has 0 spiro atoms. The second kappa shape index (κ2) is 9.51. The number of nitrogens with zero attached hydrogens (tertiary/aromatic N) is 2. The molecule has 0 saturated carbocycles. The quantitative estimate of drug-likeness (QED) is 0.504. The lowest BCUT2D eigenvalue weighted by molar-refractivity contribution is -0.128. The lowest BCUT2D eigenvalue weighted by Crippen LogP contribution is -2.41. The first-order valence-electron chi connectivity index (χ1n) is 9.09. The van der Waals surface area contributed by atoms with E-state index in [1.807, 2.05) is 30.3 Å². The molecule has 3 aromatic rings. The number of likely N-dealkylation sites (N-methyl/N-ethyl adjacent to an activating group) is 1. The minimum Gasteiger partial charge on any atom is -0.340 e. The number of sulfonamides is 1. The largest absolute Gasteiger partial charge is 0.340 e. The van der Waals surface area contributed by atoms with Crippen LogP contribution >= 0.6 is 23.2 Å². The van der Waals surface area contributed by atoms with Crippen molar-refractivity contribution < 1.29 is 13.2 Å². The summed E-state index contributed by atoms with van der Waals surface area (Å²) in [6.45, 7) is -0.00130. The van der Waals surface area contributed by atoms with Gasteiger partial charge in [-0.3, -0.25) is 9.10 Å². The van der Waals surface area contributed by atoms with E-state index in [4.69, 9.17) is 23.2 Å². The van der Waals surface area contributed by atoms with Crippen LogP contribution in [0, 0.1) is 0 Å². The van der Waals surface area contributed by atoms with Gasteiger partial charge in [0.15, 0.2) is 0 Å². The molecule has 0 atom stereocenters. The van der Waals surface area contributed by atoms with Crippen molar-refractivity contribution in [3.8, 4) is 0 Å². The molecule has 0 fully saturated rings. The number of carbonyl (C=O) groups is 1. The Kier molecular flexibility index (Phi) is 7.02. The van der Waals surface area contributed by atoms with Crippen LogP contribution in [0.4, 0.5) is 5.69 Å². The Bertz CT molecular complexity index is 1120. The molecule has 3 rings (SSSR count). The van der Waals surface area contributed by atoms with Gasteiger partial charge in [-0.1, -0.05) is 59.6 Å². The molecule has 8 heteroatoms. The van der Waals surface area contributed by atoms with Crippen molar-refractivity contribution >= 4 is 44.8 Å². The summed E-state index contributed by atoms with van der Waals surface area (Å²) < 4.78 is 27.7. The van der Waals surface area contributed by atoms with E-state index >= 15 is 0 Å². The topological polar surface area (TPSA) is 57.7 Å². The monoisotopic (exact) mass is 462 g/mol. The molecule has 0 unspecified atom stereocenters. The minimum absolute atomic E-state index is 0.0328. The maximum absolute atomic E-state index is 13.3. The molecule has 1 amide bonds. The van der Waals surface area contributed by atoms with E-state index in [2.05, 4.69) is 0 Å². The number of anilines is 1. The number of rotatable bonds is 7. The first-order chi connectivity index (χ1) is 14.3. The number of hydrogen-bond donors (Lipinski definition) is 0. The zero-order valence-corrected chi connectivity index (χ0v) is 18.5. The van der Waals surface area contributed by atoms with E-state index in [1.165, 1.54) is 35.2 Å². The van der Waals surface area contributed by atoms with Gasteiger partial charge in [0.1, 0.15) is 6.54 Å². The molecule has 0 heterocycles. The molecule has 0 N–H and O–H groups in total. The highest BCUT2D eigenvalue weighted by molar-refractivity contribution is 7.92. The van der Waals surface area contributed by atoms with Gasteiger partial charge in [0, 0.05) is 23.6 Å². The summed E-state index contributed by atoms with van der Waals surface area (Å²) in [5.74, 6) is -0.351. The van der Waals surface area contributed by atoms with Crippen molar-refractivity contribution in [3.63, 3.8) is 0 Å². The summed E-state index contributed by atoms with van der Waals surface area (Å²) in [6, 6.07) is 21.7. The maximum Gasteiger partial charge on any atom is 0.264 e. The van der Waals surface area contributed by atoms with E-state index < -0.39 is 10.0 Å². The van der Waals surface area contributed by atoms with E-state index in [0.717, 1.165) is 9.87 Å². The van der Waals surface area contributed by atoms with E-state index in [1.54, 1.807) is 25.2 Å². The smallest absolute Gasteiger partial charge is 0.264 e. The Hall–Kier alpha value is -2.54. The van der Waals surface area contributed by atoms with E-state index in [-0.39, 0.29) is 17.3 Å². The van der Waals surface area contributed by atoms with Crippen LogP contribution in [0.2, 0.25) is 10.0 Å². The number of amides is 1. The van der Waals surface area contributed by atoms with Crippen LogP contribution < -0.4 is 4.31 Å². The van der Waals surface area contributed by atoms with Gasteiger partial charge in [-0.25, -0.2) is 8.42 Å². The van der Waals surface area contributed by atoms with Crippen LogP contribution in [0.3, 0.4) is 0 Å². The van der Waals surface area contributed by atoms with Crippen molar-refractivity contribution in [3.05, 3.63) is 94.5 Å². The van der Waals surface area contributed by atoms with Gasteiger partial charge < -0.3 is 4.90 Å². The summed E-state index contributed by atoms with van der Waals surface area (Å²) in [6.07, 6.45) is 0. The molecule has 0 aliphatic heterocycles. The van der Waals surface area contributed by atoms with Gasteiger partial charge in [0.2, 0.25) is 5.91 Å². The van der Waals surface area contributed by atoms with Crippen LogP contribution in [-0.4, -0.2) is 32.8 Å². The van der Waals surface area contributed by atoms with Crippen LogP contribution in [0.5, 0.6) is 0 Å². The third kappa shape index (κ3) is 5.33. The van der Waals surface area contributed by atoms with Crippen molar-refractivity contribution in [1.82, 2.24) is 4.90 Å². The standard InChI is InChI=1S/C22H20Cl2N2O3S/c1-25(15-17-6-3-2-4-7-17)22(27)16-26(20-9-5-8-19(24)14-20)30(28,29)21-12-10-18(23)11-13-21/h2-14H,15-16H2,1H3. The van der Waals surface area contributed by atoms with Gasteiger partial charge in [-0.15, -0.1) is 0 Å². The van der Waals surface area contributed by atoms with Crippen LogP contribution in [0.25, 0.3) is 0 Å². The summed E-state index contributed by atoms with van der Waals surface area (Å²) in [4.78, 5) is 14.4. The number of benzene rings is 3. The fourth-order valence-electron chi connectivity index (χ4n) is 2.87. The molecule has 0 radical (unpaired) electrons. The predicted molar refractivity (Wildman–Crippen MR) is 120 cm³/mol. The molecule has 5 nitrogen and oxygen atoms in total. The summed E-state index contributed by atoms with van der Waals surface area (Å²) in [7, 11) is -2.38. The van der Waals surface area contributed by atoms with Crippen molar-refractivity contribution in [1.29, 1.82) is 0 Å². The third-order valence-corrected chi connectivity index (χ3v) is 6.74. The van der Waals surface area contributed by atoms with Gasteiger partial charge >= 0.3 is 0 Å². The van der Waals surface area contributed by atoms with Gasteiger partial charge in [-0.05, 0) is 48.0 Å². The van der Waals surface area contributed by atoms with E-state index in [0.29, 0.717) is 22.3 Å². The molecular formula is C22H20Cl2N2O3S. The van der Waals surface area contributed by atoms with Crippen LogP contribution in [0.1, 0.15) is 5.56 Å². The average Bonchev–Trinajstić information content (AvgIpc) is 2.72. The van der Waals surface area contributed by atoms with Gasteiger partial charge in [-0.2, -0.15) is 0 Å². The zero-order chi connectivity index (χ0) is 21.7. The third-order valence-electron chi connectivity index (χ3n) is 4.47. The molecule has 156 valence electrons. The molecule has 30 heavy (non-hydrogen) atoms. The maximum atomic E-state index is 13.3. The molecule has 0 bridgehead atoms. The van der Waals surface area contributed by atoms with E-state index in [9.17, 15) is 13.2 Å². The Labute approximate surface area is 186 Å². The highest BCUT2D eigenvalue weighted by Crippen LogP contribution is 2.27. The number of carbonyl (C=O) groups excluding carboxylic acids is 1. The second-order valence-electron chi connectivity index (χ2n) is 6.68. The zero-order valence-electron chi connectivity index (χ0n) is 16.2. The highest BCUT2D eigenvalue weighted by Gasteiger charge is 2.28. The SMILES string of the molecule is CN(Cc1ccccc1)C(=O)CN(c1cccc(Cl)c1)S(=O)(=O)c1ccc(Cl)cc1. The summed E-state index contributed by atoms with van der Waals surface area (Å²) in [5, 5.41) is 0.788. The molecule has 0 aromatic heterocycles. The first kappa shape index (κ1) is 22.2. The van der Waals surface area contributed by atoms with Crippen molar-refractivity contribution in [2.24, 2.45) is 0 Å². The fraction of sp³-hybridized carbons (Fsp3) is 0.136. The summed E-state index contributed by atoms with van der Waals surface area (Å²) >= 11 is 12.0. The molecule has 0 saturated heterocycles. The lowest BCUT2D eigenvalue weighted by atomic mass is 10.2. The van der Waals surface area contributed by atoms with Gasteiger partial charge in [0.05, 0.1) is 10.6 Å². The molecular weight excluding hydrogens is 443 g/mol. The van der Waals surface area contributed by atoms with Crippen molar-refractivity contribution in [2.75, 3.05) is 17.9 Å². The van der Waals surface area contributed by atoms with Crippen LogP contribution in [0.15, 0.2) is 83.8 Å². The molecule has 0 aliphatic carbocycles. The summed E-state index contributed by atoms with van der Waals surface area (Å²) in [5.41, 5.74) is 1.25.